The molecule has 0 bridgehead atoms. The number of carbonyl (C=O) groups is 2. The smallest absolute Gasteiger partial charge is 0.410 e. The van der Waals surface area contributed by atoms with E-state index in [4.69, 9.17) is 21.3 Å². The summed E-state index contributed by atoms with van der Waals surface area (Å²) in [6.07, 6.45) is 7.49. The van der Waals surface area contributed by atoms with Gasteiger partial charge in [0.1, 0.15) is 6.04 Å². The first-order valence-corrected chi connectivity index (χ1v) is 17.8. The Balaban J connectivity index is 1.26. The number of anilines is 1. The van der Waals surface area contributed by atoms with E-state index in [0.717, 1.165) is 64.0 Å². The standard InChI is InChI=1S/C37H40BrClN6O3/c1-23(2)48-37(47)44-13-12-43(35-31-11-10-30(39)16-26(31)8-9-28-15-29(38)17-40-34(28)35)21-33(44)36(46)45-20-25(19-42-18-24(3)41-22-42)14-27-6-4-5-7-32(27)45/h4-7,10-11,15-18,22-23,25,33,35H,8-9,12-14,19-21H2,1-3H3/t25?,33-,35?/m1/s1. The van der Waals surface area contributed by atoms with E-state index >= 15 is 0 Å². The minimum Gasteiger partial charge on any atom is -0.447 e. The summed E-state index contributed by atoms with van der Waals surface area (Å²) in [4.78, 5) is 43.9. The van der Waals surface area contributed by atoms with Crippen molar-refractivity contribution in [3.63, 3.8) is 0 Å². The highest BCUT2D eigenvalue weighted by Gasteiger charge is 2.44. The molecular formula is C37H40BrClN6O3. The molecule has 0 N–H and O–H groups in total. The van der Waals surface area contributed by atoms with Gasteiger partial charge in [-0.05, 0) is 108 Å². The minimum absolute atomic E-state index is 0.103. The van der Waals surface area contributed by atoms with E-state index in [2.05, 4.69) is 54.6 Å². The van der Waals surface area contributed by atoms with Crippen LogP contribution in [0.2, 0.25) is 5.02 Å². The number of aromatic nitrogens is 3. The Labute approximate surface area is 295 Å². The Morgan fingerprint density at radius 2 is 1.83 bits per heavy atom. The van der Waals surface area contributed by atoms with Gasteiger partial charge in [-0.2, -0.15) is 0 Å². The van der Waals surface area contributed by atoms with E-state index < -0.39 is 12.1 Å². The first-order chi connectivity index (χ1) is 23.1. The molecule has 2 aromatic carbocycles. The van der Waals surface area contributed by atoms with Crippen molar-refractivity contribution in [1.82, 2.24) is 24.3 Å². The molecule has 3 aliphatic rings. The lowest BCUT2D eigenvalue weighted by Crippen LogP contribution is -2.62. The van der Waals surface area contributed by atoms with Crippen molar-refractivity contribution < 1.29 is 14.3 Å². The maximum Gasteiger partial charge on any atom is 0.410 e. The number of para-hydroxylation sites is 1. The molecule has 2 aromatic heterocycles. The number of rotatable bonds is 5. The predicted octanol–water partition coefficient (Wildman–Crippen LogP) is 6.63. The maximum atomic E-state index is 15.0. The second kappa shape index (κ2) is 13.6. The van der Waals surface area contributed by atoms with Gasteiger partial charge in [0.15, 0.2) is 0 Å². The van der Waals surface area contributed by atoms with Gasteiger partial charge in [-0.15, -0.1) is 0 Å². The fraction of sp³-hybridized carbons (Fsp3) is 0.405. The summed E-state index contributed by atoms with van der Waals surface area (Å²) in [5, 5.41) is 0.700. The van der Waals surface area contributed by atoms with Crippen molar-refractivity contribution in [2.24, 2.45) is 5.92 Å². The van der Waals surface area contributed by atoms with Crippen LogP contribution in [-0.4, -0.2) is 74.7 Å². The average Bonchev–Trinajstić information content (AvgIpc) is 3.40. The van der Waals surface area contributed by atoms with Gasteiger partial charge in [0, 0.05) is 60.3 Å². The number of aryl methyl sites for hydroxylation is 3. The number of pyridine rings is 1. The second-order valence-electron chi connectivity index (χ2n) is 13.4. The second-order valence-corrected chi connectivity index (χ2v) is 14.8. The molecule has 2 amide bonds. The first-order valence-electron chi connectivity index (χ1n) is 16.7. The lowest BCUT2D eigenvalue weighted by molar-refractivity contribution is -0.126. The number of halogens is 2. The summed E-state index contributed by atoms with van der Waals surface area (Å²) in [7, 11) is 0. The summed E-state index contributed by atoms with van der Waals surface area (Å²) in [6, 6.07) is 15.4. The normalized spacial score (nSPS) is 20.9. The van der Waals surface area contributed by atoms with Crippen molar-refractivity contribution in [3.05, 3.63) is 110 Å². The Hall–Kier alpha value is -3.73. The van der Waals surface area contributed by atoms with Crippen molar-refractivity contribution >= 4 is 45.2 Å². The molecule has 250 valence electrons. The Morgan fingerprint density at radius 1 is 1.02 bits per heavy atom. The Kier molecular flexibility index (Phi) is 9.32. The topological polar surface area (TPSA) is 83.8 Å². The molecule has 1 fully saturated rings. The molecule has 3 atom stereocenters. The van der Waals surface area contributed by atoms with Crippen molar-refractivity contribution in [1.29, 1.82) is 0 Å². The summed E-state index contributed by atoms with van der Waals surface area (Å²) in [6.45, 7) is 8.18. The van der Waals surface area contributed by atoms with Crippen LogP contribution in [-0.2, 0) is 35.3 Å². The Bertz CT molecular complexity index is 1790. The number of hydrogen-bond acceptors (Lipinski definition) is 6. The lowest BCUT2D eigenvalue weighted by atomic mass is 9.91. The monoisotopic (exact) mass is 730 g/mol. The zero-order valence-electron chi connectivity index (χ0n) is 27.5. The lowest BCUT2D eigenvalue weighted by Gasteiger charge is -2.45. The molecule has 4 heterocycles. The summed E-state index contributed by atoms with van der Waals surface area (Å²) >= 11 is 10.1. The third kappa shape index (κ3) is 6.62. The quantitative estimate of drug-likeness (QED) is 0.229. The van der Waals surface area contributed by atoms with Gasteiger partial charge in [0.25, 0.3) is 5.91 Å². The highest BCUT2D eigenvalue weighted by Crippen LogP contribution is 2.39. The van der Waals surface area contributed by atoms with Gasteiger partial charge in [0.05, 0.1) is 29.9 Å². The van der Waals surface area contributed by atoms with Crippen LogP contribution in [0.5, 0.6) is 0 Å². The van der Waals surface area contributed by atoms with E-state index in [1.165, 1.54) is 5.56 Å². The molecule has 7 rings (SSSR count). The van der Waals surface area contributed by atoms with E-state index in [-0.39, 0.29) is 24.0 Å². The van der Waals surface area contributed by atoms with Crippen LogP contribution in [0.15, 0.2) is 71.7 Å². The van der Waals surface area contributed by atoms with E-state index in [1.807, 2.05) is 68.7 Å². The number of piperazine rings is 1. The largest absolute Gasteiger partial charge is 0.447 e. The highest BCUT2D eigenvalue weighted by molar-refractivity contribution is 9.10. The number of hydrogen-bond donors (Lipinski definition) is 0. The molecule has 0 spiro atoms. The number of benzene rings is 2. The molecular weight excluding hydrogens is 692 g/mol. The Morgan fingerprint density at radius 3 is 2.62 bits per heavy atom. The van der Waals surface area contributed by atoms with E-state index in [9.17, 15) is 9.59 Å². The molecule has 2 aliphatic heterocycles. The zero-order valence-corrected chi connectivity index (χ0v) is 29.8. The SMILES string of the molecule is Cc1cn(CC2Cc3ccccc3N(C(=O)[C@H]3CN(C4c5ccc(Cl)cc5CCc5cc(Br)cnc54)CCN3C(=O)OC(C)C)C2)cn1. The van der Waals surface area contributed by atoms with E-state index in [0.29, 0.717) is 31.2 Å². The van der Waals surface area contributed by atoms with Crippen LogP contribution in [0, 0.1) is 12.8 Å². The first kappa shape index (κ1) is 32.8. The van der Waals surface area contributed by atoms with Gasteiger partial charge in [0.2, 0.25) is 0 Å². The number of ether oxygens (including phenoxy) is 1. The zero-order chi connectivity index (χ0) is 33.5. The van der Waals surface area contributed by atoms with Crippen molar-refractivity contribution in [2.75, 3.05) is 31.1 Å². The summed E-state index contributed by atoms with van der Waals surface area (Å²) in [5.74, 6) is 0.0783. The van der Waals surface area contributed by atoms with Gasteiger partial charge < -0.3 is 14.2 Å². The predicted molar refractivity (Wildman–Crippen MR) is 189 cm³/mol. The fourth-order valence-electron chi connectivity index (χ4n) is 7.58. The third-order valence-corrected chi connectivity index (χ3v) is 10.3. The molecule has 48 heavy (non-hydrogen) atoms. The number of carbonyl (C=O) groups excluding carboxylic acids is 2. The third-order valence-electron chi connectivity index (χ3n) is 9.65. The van der Waals surface area contributed by atoms with Crippen LogP contribution in [0.3, 0.4) is 0 Å². The fourth-order valence-corrected chi connectivity index (χ4v) is 8.15. The maximum absolute atomic E-state index is 15.0. The van der Waals surface area contributed by atoms with Gasteiger partial charge in [-0.3, -0.25) is 19.6 Å². The minimum atomic E-state index is -0.759. The number of fused-ring (bicyclic) bond motifs is 3. The van der Waals surface area contributed by atoms with Crippen LogP contribution < -0.4 is 4.90 Å². The summed E-state index contributed by atoms with van der Waals surface area (Å²) in [5.41, 5.74) is 7.44. The highest BCUT2D eigenvalue weighted by atomic mass is 79.9. The molecule has 9 nitrogen and oxygen atoms in total. The van der Waals surface area contributed by atoms with Gasteiger partial charge in [-0.25, -0.2) is 9.78 Å². The van der Waals surface area contributed by atoms with Gasteiger partial charge in [-0.1, -0.05) is 35.9 Å². The molecule has 1 saturated heterocycles. The summed E-state index contributed by atoms with van der Waals surface area (Å²) < 4.78 is 8.76. The molecule has 0 radical (unpaired) electrons. The molecule has 2 unspecified atom stereocenters. The van der Waals surface area contributed by atoms with Crippen molar-refractivity contribution in [2.45, 2.75) is 64.8 Å². The van der Waals surface area contributed by atoms with Crippen LogP contribution in [0.25, 0.3) is 0 Å². The molecule has 1 aliphatic carbocycles. The van der Waals surface area contributed by atoms with E-state index in [1.54, 1.807) is 4.90 Å². The van der Waals surface area contributed by atoms with Crippen LogP contribution >= 0.6 is 27.5 Å². The van der Waals surface area contributed by atoms with Crippen LogP contribution in [0.4, 0.5) is 10.5 Å². The number of imidazole rings is 1. The van der Waals surface area contributed by atoms with Crippen molar-refractivity contribution in [3.8, 4) is 0 Å². The molecule has 4 aromatic rings. The average molecular weight is 732 g/mol. The van der Waals surface area contributed by atoms with Gasteiger partial charge >= 0.3 is 6.09 Å². The molecule has 0 saturated carbocycles. The molecule has 11 heteroatoms. The number of nitrogens with zero attached hydrogens (tertiary/aromatic N) is 6. The van der Waals surface area contributed by atoms with Crippen LogP contribution in [0.1, 0.15) is 53.5 Å². The number of amides is 2.